The van der Waals surface area contributed by atoms with Gasteiger partial charge in [-0.15, -0.1) is 0 Å². The zero-order valence-corrected chi connectivity index (χ0v) is 14.2. The summed E-state index contributed by atoms with van der Waals surface area (Å²) in [4.78, 5) is 0. The van der Waals surface area contributed by atoms with Gasteiger partial charge in [-0.3, -0.25) is 4.68 Å². The van der Waals surface area contributed by atoms with E-state index >= 15 is 0 Å². The van der Waals surface area contributed by atoms with Crippen LogP contribution in [-0.4, -0.2) is 9.78 Å². The summed E-state index contributed by atoms with van der Waals surface area (Å²) in [6, 6.07) is 6.05. The first kappa shape index (κ1) is 14.8. The summed E-state index contributed by atoms with van der Waals surface area (Å²) in [6.45, 7) is 5.08. The molecule has 0 saturated carbocycles. The van der Waals surface area contributed by atoms with Crippen LogP contribution in [-0.2, 0) is 6.54 Å². The molecule has 1 heterocycles. The maximum absolute atomic E-state index is 6.40. The van der Waals surface area contributed by atoms with Crippen molar-refractivity contribution in [2.24, 2.45) is 5.73 Å². The van der Waals surface area contributed by atoms with Gasteiger partial charge in [0, 0.05) is 11.0 Å². The van der Waals surface area contributed by atoms with Crippen LogP contribution in [0.15, 0.2) is 33.3 Å². The molecule has 0 spiro atoms. The Morgan fingerprint density at radius 3 is 2.68 bits per heavy atom. The third-order valence-corrected chi connectivity index (χ3v) is 4.58. The Kier molecular flexibility index (Phi) is 4.81. The number of nitrogens with two attached hydrogens (primary N) is 1. The van der Waals surface area contributed by atoms with Gasteiger partial charge in [-0.1, -0.05) is 35.0 Å². The predicted octanol–water partition coefficient (Wildman–Crippen LogP) is 4.17. The highest BCUT2D eigenvalue weighted by Gasteiger charge is 2.18. The first-order chi connectivity index (χ1) is 9.04. The van der Waals surface area contributed by atoms with E-state index in [1.165, 1.54) is 5.56 Å². The minimum atomic E-state index is -0.180. The van der Waals surface area contributed by atoms with Gasteiger partial charge in [0.25, 0.3) is 0 Å². The second-order valence-corrected chi connectivity index (χ2v) is 6.30. The molecule has 0 bridgehead atoms. The molecule has 102 valence electrons. The van der Waals surface area contributed by atoms with E-state index in [0.29, 0.717) is 0 Å². The molecular formula is C14H17Br2N3. The molecular weight excluding hydrogens is 370 g/mol. The molecule has 0 aliphatic carbocycles. The summed E-state index contributed by atoms with van der Waals surface area (Å²) in [5.74, 6) is 0. The molecule has 2 aromatic rings. The van der Waals surface area contributed by atoms with Gasteiger partial charge in [0.2, 0.25) is 0 Å². The summed E-state index contributed by atoms with van der Waals surface area (Å²) in [5.41, 5.74) is 9.71. The molecule has 0 amide bonds. The van der Waals surface area contributed by atoms with E-state index < -0.39 is 0 Å². The van der Waals surface area contributed by atoms with Crippen LogP contribution in [0.25, 0.3) is 0 Å². The Hall–Kier alpha value is -0.650. The minimum absolute atomic E-state index is 0.180. The highest BCUT2D eigenvalue weighted by atomic mass is 79.9. The lowest BCUT2D eigenvalue weighted by molar-refractivity contribution is 0.559. The van der Waals surface area contributed by atoms with Crippen molar-refractivity contribution in [3.05, 3.63) is 50.2 Å². The highest BCUT2D eigenvalue weighted by molar-refractivity contribution is 9.10. The second-order valence-electron chi connectivity index (χ2n) is 4.59. The Morgan fingerprint density at radius 2 is 2.05 bits per heavy atom. The predicted molar refractivity (Wildman–Crippen MR) is 85.1 cm³/mol. The van der Waals surface area contributed by atoms with E-state index in [1.54, 1.807) is 0 Å². The van der Waals surface area contributed by atoms with Crippen LogP contribution in [0, 0.1) is 6.92 Å². The topological polar surface area (TPSA) is 43.8 Å². The van der Waals surface area contributed by atoms with Gasteiger partial charge >= 0.3 is 0 Å². The summed E-state index contributed by atoms with van der Waals surface area (Å²) >= 11 is 7.10. The monoisotopic (exact) mass is 385 g/mol. The minimum Gasteiger partial charge on any atom is -0.319 e. The standard InChI is InChI=1S/C14H17Br2N3/c1-3-6-19-14(12(16)8-18-19)13(17)10-5-4-9(2)11(15)7-10/h4-5,7-8,13H,3,6,17H2,1-2H3. The van der Waals surface area contributed by atoms with Gasteiger partial charge in [-0.05, 0) is 46.5 Å². The molecule has 0 radical (unpaired) electrons. The molecule has 1 aromatic carbocycles. The molecule has 1 aromatic heterocycles. The van der Waals surface area contributed by atoms with Gasteiger partial charge in [0.1, 0.15) is 0 Å². The lowest BCUT2D eigenvalue weighted by Gasteiger charge is -2.16. The fraction of sp³-hybridized carbons (Fsp3) is 0.357. The van der Waals surface area contributed by atoms with Crippen molar-refractivity contribution in [1.29, 1.82) is 0 Å². The van der Waals surface area contributed by atoms with Gasteiger partial charge in [0.15, 0.2) is 0 Å². The number of halogens is 2. The van der Waals surface area contributed by atoms with Gasteiger partial charge < -0.3 is 5.73 Å². The average Bonchev–Trinajstić information content (AvgIpc) is 2.74. The van der Waals surface area contributed by atoms with E-state index in [-0.39, 0.29) is 6.04 Å². The molecule has 0 saturated heterocycles. The van der Waals surface area contributed by atoms with E-state index in [4.69, 9.17) is 5.73 Å². The van der Waals surface area contributed by atoms with Crippen LogP contribution in [0.5, 0.6) is 0 Å². The molecule has 0 aliphatic heterocycles. The molecule has 1 atom stereocenters. The largest absolute Gasteiger partial charge is 0.319 e. The number of hydrogen-bond donors (Lipinski definition) is 1. The lowest BCUT2D eigenvalue weighted by atomic mass is 10.0. The van der Waals surface area contributed by atoms with Gasteiger partial charge in [-0.2, -0.15) is 5.10 Å². The average molecular weight is 387 g/mol. The number of hydrogen-bond acceptors (Lipinski definition) is 2. The normalized spacial score (nSPS) is 12.7. The zero-order valence-electron chi connectivity index (χ0n) is 11.0. The van der Waals surface area contributed by atoms with Crippen LogP contribution in [0.2, 0.25) is 0 Å². The lowest BCUT2D eigenvalue weighted by Crippen LogP contribution is -2.18. The maximum Gasteiger partial charge on any atom is 0.0738 e. The molecule has 0 aliphatic rings. The van der Waals surface area contributed by atoms with Gasteiger partial charge in [-0.25, -0.2) is 0 Å². The Labute approximate surface area is 130 Å². The van der Waals surface area contributed by atoms with Crippen molar-refractivity contribution in [3.8, 4) is 0 Å². The Morgan fingerprint density at radius 1 is 1.32 bits per heavy atom. The number of aryl methyl sites for hydroxylation is 2. The maximum atomic E-state index is 6.40. The van der Waals surface area contributed by atoms with E-state index in [1.807, 2.05) is 10.9 Å². The highest BCUT2D eigenvalue weighted by Crippen LogP contribution is 2.29. The smallest absolute Gasteiger partial charge is 0.0738 e. The quantitative estimate of drug-likeness (QED) is 0.856. The van der Waals surface area contributed by atoms with Crippen molar-refractivity contribution in [2.45, 2.75) is 32.9 Å². The van der Waals surface area contributed by atoms with Crippen LogP contribution < -0.4 is 5.73 Å². The molecule has 19 heavy (non-hydrogen) atoms. The van der Waals surface area contributed by atoms with Gasteiger partial charge in [0.05, 0.1) is 22.4 Å². The van der Waals surface area contributed by atoms with E-state index in [2.05, 4.69) is 69.0 Å². The van der Waals surface area contributed by atoms with Crippen LogP contribution >= 0.6 is 31.9 Å². The van der Waals surface area contributed by atoms with E-state index in [9.17, 15) is 0 Å². The molecule has 3 nitrogen and oxygen atoms in total. The molecule has 5 heteroatoms. The van der Waals surface area contributed by atoms with Crippen molar-refractivity contribution < 1.29 is 0 Å². The van der Waals surface area contributed by atoms with Crippen molar-refractivity contribution in [3.63, 3.8) is 0 Å². The SMILES string of the molecule is CCCn1ncc(Br)c1C(N)c1ccc(C)c(Br)c1. The first-order valence-corrected chi connectivity index (χ1v) is 7.86. The molecule has 1 unspecified atom stereocenters. The van der Waals surface area contributed by atoms with Crippen molar-refractivity contribution in [1.82, 2.24) is 9.78 Å². The number of rotatable bonds is 4. The van der Waals surface area contributed by atoms with Crippen molar-refractivity contribution in [2.75, 3.05) is 0 Å². The summed E-state index contributed by atoms with van der Waals surface area (Å²) in [6.07, 6.45) is 2.85. The molecule has 2 rings (SSSR count). The zero-order chi connectivity index (χ0) is 14.0. The van der Waals surface area contributed by atoms with Crippen LogP contribution in [0.4, 0.5) is 0 Å². The Balaban J connectivity index is 2.40. The van der Waals surface area contributed by atoms with E-state index in [0.717, 1.165) is 33.2 Å². The first-order valence-electron chi connectivity index (χ1n) is 6.27. The third-order valence-electron chi connectivity index (χ3n) is 3.12. The fourth-order valence-electron chi connectivity index (χ4n) is 2.03. The van der Waals surface area contributed by atoms with Crippen molar-refractivity contribution >= 4 is 31.9 Å². The number of nitrogens with zero attached hydrogens (tertiary/aromatic N) is 2. The van der Waals surface area contributed by atoms with Crippen LogP contribution in [0.3, 0.4) is 0 Å². The summed E-state index contributed by atoms with van der Waals surface area (Å²) in [7, 11) is 0. The third kappa shape index (κ3) is 3.09. The number of aromatic nitrogens is 2. The van der Waals surface area contributed by atoms with Crippen LogP contribution in [0.1, 0.15) is 36.2 Å². The fourth-order valence-corrected chi connectivity index (χ4v) is 2.97. The summed E-state index contributed by atoms with van der Waals surface area (Å²) < 4.78 is 4.02. The Bertz CT molecular complexity index is 578. The molecule has 0 fully saturated rings. The molecule has 2 N–H and O–H groups in total. The summed E-state index contributed by atoms with van der Waals surface area (Å²) in [5, 5.41) is 4.37. The second kappa shape index (κ2) is 6.20. The number of benzene rings is 1.